The first-order valence-corrected chi connectivity index (χ1v) is 7.97. The Hall–Kier alpha value is -0.580. The van der Waals surface area contributed by atoms with Crippen LogP contribution in [0.5, 0.6) is 0 Å². The van der Waals surface area contributed by atoms with Crippen LogP contribution in [0.4, 0.5) is 4.39 Å². The molecule has 2 rings (SSSR count). The van der Waals surface area contributed by atoms with E-state index in [1.165, 1.54) is 12.1 Å². The van der Waals surface area contributed by atoms with Gasteiger partial charge >= 0.3 is 0 Å². The fourth-order valence-electron chi connectivity index (χ4n) is 2.46. The highest BCUT2D eigenvalue weighted by Gasteiger charge is 2.23. The molecule has 1 atom stereocenters. The Kier molecular flexibility index (Phi) is 6.14. The first-order valence-electron chi connectivity index (χ1n) is 6.99. The van der Waals surface area contributed by atoms with Crippen molar-refractivity contribution in [2.24, 2.45) is 5.92 Å². The van der Waals surface area contributed by atoms with Gasteiger partial charge in [-0.15, -0.1) is 11.8 Å². The van der Waals surface area contributed by atoms with Crippen molar-refractivity contribution in [1.29, 1.82) is 0 Å². The Morgan fingerprint density at radius 3 is 2.63 bits per heavy atom. The van der Waals surface area contributed by atoms with E-state index in [9.17, 15) is 4.39 Å². The standard InChI is InChI=1S/C15H22FNOS/c1-2-17-15(12-7-9-18-10-8-12)11-19-14-5-3-13(16)4-6-14/h3-6,12,15,17H,2,7-11H2,1H3. The molecule has 0 spiro atoms. The molecule has 106 valence electrons. The van der Waals surface area contributed by atoms with Gasteiger partial charge in [0.05, 0.1) is 0 Å². The molecular weight excluding hydrogens is 261 g/mol. The quantitative estimate of drug-likeness (QED) is 0.809. The van der Waals surface area contributed by atoms with Gasteiger partial charge in [-0.2, -0.15) is 0 Å². The number of nitrogens with one attached hydrogen (secondary N) is 1. The number of ether oxygens (including phenoxy) is 1. The number of hydrogen-bond donors (Lipinski definition) is 1. The van der Waals surface area contributed by atoms with Gasteiger partial charge in [0.2, 0.25) is 0 Å². The van der Waals surface area contributed by atoms with Crippen LogP contribution in [0.3, 0.4) is 0 Å². The van der Waals surface area contributed by atoms with E-state index in [1.54, 1.807) is 11.8 Å². The minimum atomic E-state index is -0.169. The molecule has 0 aliphatic carbocycles. The summed E-state index contributed by atoms with van der Waals surface area (Å²) in [6, 6.07) is 7.28. The highest BCUT2D eigenvalue weighted by molar-refractivity contribution is 7.99. The maximum absolute atomic E-state index is 12.9. The average molecular weight is 283 g/mol. The second-order valence-corrected chi connectivity index (χ2v) is 5.97. The SMILES string of the molecule is CCNC(CSc1ccc(F)cc1)C1CCOCC1. The summed E-state index contributed by atoms with van der Waals surface area (Å²) in [5.41, 5.74) is 0. The lowest BCUT2D eigenvalue weighted by Crippen LogP contribution is -2.40. The van der Waals surface area contributed by atoms with Crippen LogP contribution in [0.1, 0.15) is 19.8 Å². The van der Waals surface area contributed by atoms with Gasteiger partial charge < -0.3 is 10.1 Å². The van der Waals surface area contributed by atoms with Crippen molar-refractivity contribution in [1.82, 2.24) is 5.32 Å². The van der Waals surface area contributed by atoms with Gasteiger partial charge in [-0.3, -0.25) is 0 Å². The summed E-state index contributed by atoms with van der Waals surface area (Å²) < 4.78 is 18.3. The molecule has 0 bridgehead atoms. The van der Waals surface area contributed by atoms with Crippen LogP contribution in [0, 0.1) is 11.7 Å². The summed E-state index contributed by atoms with van der Waals surface area (Å²) in [4.78, 5) is 1.14. The summed E-state index contributed by atoms with van der Waals surface area (Å²) in [7, 11) is 0. The molecule has 1 unspecified atom stereocenters. The number of halogens is 1. The molecule has 4 heteroatoms. The summed E-state index contributed by atoms with van der Waals surface area (Å²) in [5.74, 6) is 1.56. The third kappa shape index (κ3) is 4.79. The molecule has 0 aromatic heterocycles. The van der Waals surface area contributed by atoms with Crippen molar-refractivity contribution >= 4 is 11.8 Å². The predicted octanol–water partition coefficient (Wildman–Crippen LogP) is 3.32. The molecule has 19 heavy (non-hydrogen) atoms. The summed E-state index contributed by atoms with van der Waals surface area (Å²) in [6.45, 7) is 4.91. The van der Waals surface area contributed by atoms with Gasteiger partial charge in [0.25, 0.3) is 0 Å². The van der Waals surface area contributed by atoms with Crippen LogP contribution < -0.4 is 5.32 Å². The Balaban J connectivity index is 1.87. The molecule has 1 N–H and O–H groups in total. The highest BCUT2D eigenvalue weighted by Crippen LogP contribution is 2.25. The summed E-state index contributed by atoms with van der Waals surface area (Å²) in [5, 5.41) is 3.58. The predicted molar refractivity (Wildman–Crippen MR) is 78.1 cm³/mol. The lowest BCUT2D eigenvalue weighted by Gasteiger charge is -2.30. The fourth-order valence-corrected chi connectivity index (χ4v) is 3.55. The topological polar surface area (TPSA) is 21.3 Å². The van der Waals surface area contributed by atoms with Crippen molar-refractivity contribution in [2.75, 3.05) is 25.5 Å². The first-order chi connectivity index (χ1) is 9.29. The summed E-state index contributed by atoms with van der Waals surface area (Å²) in [6.07, 6.45) is 2.28. The molecule has 1 aliphatic rings. The third-order valence-electron chi connectivity index (χ3n) is 3.54. The van der Waals surface area contributed by atoms with Crippen LogP contribution in [-0.2, 0) is 4.74 Å². The van der Waals surface area contributed by atoms with Crippen molar-refractivity contribution < 1.29 is 9.13 Å². The monoisotopic (exact) mass is 283 g/mol. The zero-order chi connectivity index (χ0) is 13.5. The minimum Gasteiger partial charge on any atom is -0.381 e. The van der Waals surface area contributed by atoms with Crippen molar-refractivity contribution in [2.45, 2.75) is 30.7 Å². The van der Waals surface area contributed by atoms with Crippen LogP contribution in [0.2, 0.25) is 0 Å². The number of rotatable bonds is 6. The van der Waals surface area contributed by atoms with E-state index < -0.39 is 0 Å². The minimum absolute atomic E-state index is 0.169. The highest BCUT2D eigenvalue weighted by atomic mass is 32.2. The molecule has 1 aromatic rings. The van der Waals surface area contributed by atoms with Crippen LogP contribution in [0.25, 0.3) is 0 Å². The van der Waals surface area contributed by atoms with Gasteiger partial charge in [-0.05, 0) is 49.6 Å². The lowest BCUT2D eigenvalue weighted by atomic mass is 9.93. The molecule has 1 aromatic carbocycles. The molecular formula is C15H22FNOS. The zero-order valence-electron chi connectivity index (χ0n) is 11.4. The van der Waals surface area contributed by atoms with Crippen molar-refractivity contribution in [3.05, 3.63) is 30.1 Å². The van der Waals surface area contributed by atoms with E-state index in [1.807, 2.05) is 12.1 Å². The number of benzene rings is 1. The Morgan fingerprint density at radius 1 is 1.32 bits per heavy atom. The fraction of sp³-hybridized carbons (Fsp3) is 0.600. The zero-order valence-corrected chi connectivity index (χ0v) is 12.2. The number of thioether (sulfide) groups is 1. The Bertz CT molecular complexity index is 365. The van der Waals surface area contributed by atoms with Crippen molar-refractivity contribution in [3.8, 4) is 0 Å². The maximum Gasteiger partial charge on any atom is 0.123 e. The molecule has 1 fully saturated rings. The maximum atomic E-state index is 12.9. The van der Waals surface area contributed by atoms with E-state index in [4.69, 9.17) is 4.74 Å². The largest absolute Gasteiger partial charge is 0.381 e. The van der Waals surface area contributed by atoms with Gasteiger partial charge in [-0.1, -0.05) is 6.92 Å². The molecule has 1 saturated heterocycles. The molecule has 2 nitrogen and oxygen atoms in total. The first kappa shape index (κ1) is 14.8. The third-order valence-corrected chi connectivity index (χ3v) is 4.68. The van der Waals surface area contributed by atoms with E-state index in [0.717, 1.165) is 43.2 Å². The molecule has 0 radical (unpaired) electrons. The Labute approximate surface area is 119 Å². The van der Waals surface area contributed by atoms with Gasteiger partial charge in [0.1, 0.15) is 5.82 Å². The van der Waals surface area contributed by atoms with E-state index >= 15 is 0 Å². The van der Waals surface area contributed by atoms with Crippen LogP contribution in [0.15, 0.2) is 29.2 Å². The second kappa shape index (κ2) is 7.88. The normalized spacial score (nSPS) is 18.4. The van der Waals surface area contributed by atoms with Gasteiger partial charge in [0.15, 0.2) is 0 Å². The van der Waals surface area contributed by atoms with Gasteiger partial charge in [-0.25, -0.2) is 4.39 Å². The Morgan fingerprint density at radius 2 is 2.00 bits per heavy atom. The number of hydrogen-bond acceptors (Lipinski definition) is 3. The smallest absolute Gasteiger partial charge is 0.123 e. The molecule has 1 aliphatic heterocycles. The van der Waals surface area contributed by atoms with E-state index in [-0.39, 0.29) is 5.82 Å². The van der Waals surface area contributed by atoms with E-state index in [0.29, 0.717) is 12.0 Å². The lowest BCUT2D eigenvalue weighted by molar-refractivity contribution is 0.0568. The van der Waals surface area contributed by atoms with E-state index in [2.05, 4.69) is 12.2 Å². The summed E-state index contributed by atoms with van der Waals surface area (Å²) >= 11 is 1.80. The second-order valence-electron chi connectivity index (χ2n) is 4.88. The van der Waals surface area contributed by atoms with Crippen LogP contribution >= 0.6 is 11.8 Å². The molecule has 1 heterocycles. The van der Waals surface area contributed by atoms with Gasteiger partial charge in [0, 0.05) is 29.9 Å². The van der Waals surface area contributed by atoms with Crippen LogP contribution in [-0.4, -0.2) is 31.6 Å². The van der Waals surface area contributed by atoms with Crippen molar-refractivity contribution in [3.63, 3.8) is 0 Å². The molecule has 0 saturated carbocycles. The molecule has 0 amide bonds. The average Bonchev–Trinajstić information content (AvgIpc) is 2.46.